The molecule has 6 heteroatoms. The zero-order valence-corrected chi connectivity index (χ0v) is 15.5. The highest BCUT2D eigenvalue weighted by Gasteiger charge is 2.62. The van der Waals surface area contributed by atoms with Gasteiger partial charge in [-0.3, -0.25) is 9.59 Å². The maximum absolute atomic E-state index is 14.5. The molecule has 2 amide bonds. The first-order valence-electron chi connectivity index (χ1n) is 9.69. The van der Waals surface area contributed by atoms with Crippen molar-refractivity contribution in [1.82, 2.24) is 0 Å². The normalized spacial score (nSPS) is 25.9. The Labute approximate surface area is 169 Å². The molecule has 0 aromatic heterocycles. The third-order valence-corrected chi connectivity index (χ3v) is 6.65. The van der Waals surface area contributed by atoms with Crippen molar-refractivity contribution in [1.29, 1.82) is 0 Å². The quantitative estimate of drug-likeness (QED) is 0.559. The lowest BCUT2D eigenvalue weighted by Crippen LogP contribution is -2.41. The number of hydrogen-bond acceptors (Lipinski definition) is 2. The number of amides is 2. The van der Waals surface area contributed by atoms with Crippen LogP contribution in [-0.2, 0) is 9.59 Å². The molecule has 4 aliphatic rings. The number of hydrogen-bond donors (Lipinski definition) is 0. The topological polar surface area (TPSA) is 37.4 Å². The van der Waals surface area contributed by atoms with Crippen LogP contribution in [0.5, 0.6) is 0 Å². The summed E-state index contributed by atoms with van der Waals surface area (Å²) in [4.78, 5) is 27.4. The minimum absolute atomic E-state index is 0.375. The first-order valence-corrected chi connectivity index (χ1v) is 9.69. The molecule has 3 aliphatic carbocycles. The van der Waals surface area contributed by atoms with Crippen LogP contribution in [0.3, 0.4) is 0 Å². The van der Waals surface area contributed by atoms with Gasteiger partial charge >= 0.3 is 0 Å². The molecule has 0 unspecified atom stereocenters. The Hall–Kier alpha value is -3.41. The standard InChI is InChI=1S/C24H14F3NO2/c25-11-9-16(26)22(17(27)10-11)28-23(29)20-18-12-5-1-2-6-13(12)19(21(20)24(28)30)15-8-4-3-7-14(15)18/h1-10,18-21H/t18?,19?,20-,21+. The highest BCUT2D eigenvalue weighted by Crippen LogP contribution is 2.61. The summed E-state index contributed by atoms with van der Waals surface area (Å²) < 4.78 is 42.4. The van der Waals surface area contributed by atoms with Crippen LogP contribution in [0.1, 0.15) is 34.1 Å². The number of benzene rings is 3. The zero-order chi connectivity index (χ0) is 20.7. The van der Waals surface area contributed by atoms with Gasteiger partial charge in [-0.05, 0) is 22.3 Å². The van der Waals surface area contributed by atoms with Gasteiger partial charge in [0.15, 0.2) is 11.6 Å². The lowest BCUT2D eigenvalue weighted by molar-refractivity contribution is -0.122. The Morgan fingerprint density at radius 2 is 1.00 bits per heavy atom. The smallest absolute Gasteiger partial charge is 0.238 e. The van der Waals surface area contributed by atoms with Crippen LogP contribution < -0.4 is 4.90 Å². The van der Waals surface area contributed by atoms with Crippen molar-refractivity contribution in [2.24, 2.45) is 11.8 Å². The predicted molar refractivity (Wildman–Crippen MR) is 102 cm³/mol. The summed E-state index contributed by atoms with van der Waals surface area (Å²) >= 11 is 0. The molecule has 1 heterocycles. The van der Waals surface area contributed by atoms with Crippen molar-refractivity contribution in [3.63, 3.8) is 0 Å². The molecule has 1 fully saturated rings. The monoisotopic (exact) mass is 405 g/mol. The van der Waals surface area contributed by atoms with Crippen LogP contribution in [0.2, 0.25) is 0 Å². The number of carbonyl (C=O) groups is 2. The fourth-order valence-corrected chi connectivity index (χ4v) is 5.65. The molecule has 2 atom stereocenters. The summed E-state index contributed by atoms with van der Waals surface area (Å²) in [6.07, 6.45) is 0. The van der Waals surface area contributed by atoms with Crippen molar-refractivity contribution in [2.75, 3.05) is 4.90 Å². The molecule has 2 bridgehead atoms. The van der Waals surface area contributed by atoms with E-state index >= 15 is 0 Å². The summed E-state index contributed by atoms with van der Waals surface area (Å²) in [5.41, 5.74) is 3.06. The van der Waals surface area contributed by atoms with Crippen molar-refractivity contribution in [3.8, 4) is 0 Å². The molecular weight excluding hydrogens is 391 g/mol. The van der Waals surface area contributed by atoms with E-state index < -0.39 is 46.8 Å². The van der Waals surface area contributed by atoms with E-state index in [1.54, 1.807) is 0 Å². The second-order valence-electron chi connectivity index (χ2n) is 7.99. The Kier molecular flexibility index (Phi) is 3.38. The number of halogens is 3. The summed E-state index contributed by atoms with van der Waals surface area (Å²) in [5, 5.41) is 0. The third kappa shape index (κ3) is 2.01. The molecule has 0 saturated carbocycles. The molecule has 0 spiro atoms. The summed E-state index contributed by atoms with van der Waals surface area (Å²) in [6, 6.07) is 16.3. The largest absolute Gasteiger partial charge is 0.274 e. The summed E-state index contributed by atoms with van der Waals surface area (Å²) in [5.74, 6) is -7.19. The van der Waals surface area contributed by atoms with Crippen LogP contribution in [-0.4, -0.2) is 11.8 Å². The van der Waals surface area contributed by atoms with E-state index in [1.807, 2.05) is 48.5 Å². The first-order chi connectivity index (χ1) is 14.5. The van der Waals surface area contributed by atoms with Crippen molar-refractivity contribution < 1.29 is 22.8 Å². The van der Waals surface area contributed by atoms with Gasteiger partial charge in [0, 0.05) is 24.0 Å². The minimum atomic E-state index is -1.27. The lowest BCUT2D eigenvalue weighted by atomic mass is 9.55. The molecule has 0 N–H and O–H groups in total. The number of nitrogens with zero attached hydrogens (tertiary/aromatic N) is 1. The van der Waals surface area contributed by atoms with Gasteiger partial charge < -0.3 is 0 Å². The Balaban J connectivity index is 1.58. The molecule has 3 aromatic rings. The number of rotatable bonds is 1. The average molecular weight is 405 g/mol. The van der Waals surface area contributed by atoms with E-state index in [2.05, 4.69) is 0 Å². The van der Waals surface area contributed by atoms with E-state index in [-0.39, 0.29) is 11.8 Å². The fourth-order valence-electron chi connectivity index (χ4n) is 5.65. The highest BCUT2D eigenvalue weighted by atomic mass is 19.1. The zero-order valence-electron chi connectivity index (χ0n) is 15.5. The van der Waals surface area contributed by atoms with Crippen molar-refractivity contribution in [3.05, 3.63) is 100 Å². The molecule has 1 aliphatic heterocycles. The average Bonchev–Trinajstić information content (AvgIpc) is 2.99. The van der Waals surface area contributed by atoms with Crippen LogP contribution >= 0.6 is 0 Å². The third-order valence-electron chi connectivity index (χ3n) is 6.65. The summed E-state index contributed by atoms with van der Waals surface area (Å²) in [7, 11) is 0. The van der Waals surface area contributed by atoms with Gasteiger partial charge in [0.2, 0.25) is 11.8 Å². The van der Waals surface area contributed by atoms with Crippen LogP contribution in [0.15, 0.2) is 60.7 Å². The predicted octanol–water partition coefficient (Wildman–Crippen LogP) is 4.50. The van der Waals surface area contributed by atoms with E-state index in [1.165, 1.54) is 0 Å². The Morgan fingerprint density at radius 1 is 0.633 bits per heavy atom. The van der Waals surface area contributed by atoms with Gasteiger partial charge in [0.1, 0.15) is 11.5 Å². The maximum Gasteiger partial charge on any atom is 0.238 e. The SMILES string of the molecule is O=C1[C@@H]2C3c4ccccc4C(c4ccccc43)[C@@H]2C(=O)N1c1c(F)cc(F)cc1F. The van der Waals surface area contributed by atoms with E-state index in [4.69, 9.17) is 0 Å². The van der Waals surface area contributed by atoms with E-state index in [9.17, 15) is 22.8 Å². The molecule has 7 rings (SSSR count). The van der Waals surface area contributed by atoms with Gasteiger partial charge in [-0.15, -0.1) is 0 Å². The second-order valence-corrected chi connectivity index (χ2v) is 7.99. The number of anilines is 1. The minimum Gasteiger partial charge on any atom is -0.274 e. The van der Waals surface area contributed by atoms with Crippen molar-refractivity contribution >= 4 is 17.5 Å². The number of imide groups is 1. The van der Waals surface area contributed by atoms with E-state index in [0.717, 1.165) is 22.3 Å². The molecule has 0 radical (unpaired) electrons. The fraction of sp³-hybridized carbons (Fsp3) is 0.167. The van der Waals surface area contributed by atoms with Gasteiger partial charge in [-0.25, -0.2) is 18.1 Å². The van der Waals surface area contributed by atoms with Gasteiger partial charge in [-0.1, -0.05) is 48.5 Å². The van der Waals surface area contributed by atoms with E-state index in [0.29, 0.717) is 17.0 Å². The number of carbonyl (C=O) groups excluding carboxylic acids is 2. The van der Waals surface area contributed by atoms with Crippen LogP contribution in [0.4, 0.5) is 18.9 Å². The van der Waals surface area contributed by atoms with Gasteiger partial charge in [-0.2, -0.15) is 0 Å². The highest BCUT2D eigenvalue weighted by molar-refractivity contribution is 6.23. The van der Waals surface area contributed by atoms with Crippen LogP contribution in [0, 0.1) is 29.3 Å². The first kappa shape index (κ1) is 17.4. The lowest BCUT2D eigenvalue weighted by Gasteiger charge is -2.45. The molecule has 148 valence electrons. The second kappa shape index (κ2) is 5.81. The van der Waals surface area contributed by atoms with Crippen LogP contribution in [0.25, 0.3) is 0 Å². The Morgan fingerprint density at radius 3 is 1.37 bits per heavy atom. The molecule has 3 aromatic carbocycles. The van der Waals surface area contributed by atoms with Gasteiger partial charge in [0.05, 0.1) is 11.8 Å². The molecule has 1 saturated heterocycles. The van der Waals surface area contributed by atoms with Crippen molar-refractivity contribution in [2.45, 2.75) is 11.8 Å². The Bertz CT molecular complexity index is 1130. The molecular formula is C24H14F3NO2. The molecule has 3 nitrogen and oxygen atoms in total. The maximum atomic E-state index is 14.5. The summed E-state index contributed by atoms with van der Waals surface area (Å²) in [6.45, 7) is 0. The van der Waals surface area contributed by atoms with Gasteiger partial charge in [0.25, 0.3) is 0 Å². The molecule has 30 heavy (non-hydrogen) atoms.